The van der Waals surface area contributed by atoms with E-state index in [4.69, 9.17) is 24.7 Å². The van der Waals surface area contributed by atoms with Gasteiger partial charge in [0.15, 0.2) is 22.8 Å². The Morgan fingerprint density at radius 1 is 1.05 bits per heavy atom. The Balaban J connectivity index is 1.43. The van der Waals surface area contributed by atoms with Crippen LogP contribution in [0, 0.1) is 5.92 Å². The number of hydrogen-bond donors (Lipinski definition) is 2. The highest BCUT2D eigenvalue weighted by Crippen LogP contribution is 2.31. The number of morpholine rings is 1. The van der Waals surface area contributed by atoms with Crippen molar-refractivity contribution in [3.8, 4) is 5.95 Å². The third kappa shape index (κ3) is 4.67. The lowest BCUT2D eigenvalue weighted by atomic mass is 9.83. The van der Waals surface area contributed by atoms with Crippen LogP contribution in [0.1, 0.15) is 37.3 Å². The van der Waals surface area contributed by atoms with Gasteiger partial charge in [0.05, 0.1) is 29.8 Å². The summed E-state index contributed by atoms with van der Waals surface area (Å²) in [5.74, 6) is 2.06. The van der Waals surface area contributed by atoms with Crippen molar-refractivity contribution < 1.29 is 14.6 Å². The van der Waals surface area contributed by atoms with Gasteiger partial charge in [-0.05, 0) is 44.7 Å². The molecule has 0 aliphatic carbocycles. The number of imidazole rings is 2. The number of ether oxygens (including phenoxy) is 1. The lowest BCUT2D eigenvalue weighted by molar-refractivity contribution is -0.0109. The minimum absolute atomic E-state index is 0.162. The molecule has 0 saturated carbocycles. The minimum atomic E-state index is -0.754. The summed E-state index contributed by atoms with van der Waals surface area (Å²) in [6.45, 7) is 7.32. The standard InChI is InChI=1S/C27H35N9O3/c1-27(2,38)17-9-11-35(12-10-17)24(37)22-29-20-21(30-22)31-25(32-23(20)34-13-15-39-16-14-34)36-19-8-6-5-7-18(19)28-26(36)33(3)4/h5-8,17,38H,9-16H2,1-4H3,(H,29,30,31,32). The van der Waals surface area contributed by atoms with Gasteiger partial charge in [-0.3, -0.25) is 4.79 Å². The molecule has 3 aromatic heterocycles. The first-order valence-electron chi connectivity index (χ1n) is 13.5. The number of hydrogen-bond acceptors (Lipinski definition) is 9. The molecule has 4 aromatic rings. The summed E-state index contributed by atoms with van der Waals surface area (Å²) in [7, 11) is 3.88. The zero-order valence-corrected chi connectivity index (χ0v) is 22.9. The fourth-order valence-electron chi connectivity index (χ4n) is 5.52. The molecule has 2 aliphatic rings. The van der Waals surface area contributed by atoms with E-state index in [2.05, 4.69) is 9.88 Å². The highest BCUT2D eigenvalue weighted by molar-refractivity contribution is 5.96. The van der Waals surface area contributed by atoms with Gasteiger partial charge >= 0.3 is 0 Å². The SMILES string of the molecule is CN(C)c1nc2ccccc2n1-c1nc(N2CCOCC2)c2nc(C(=O)N3CCC(C(C)(C)O)CC3)[nH]c2n1. The van der Waals surface area contributed by atoms with E-state index in [-0.39, 0.29) is 17.6 Å². The van der Waals surface area contributed by atoms with Crippen molar-refractivity contribution in [1.29, 1.82) is 0 Å². The number of piperidine rings is 1. The zero-order chi connectivity index (χ0) is 27.3. The molecule has 0 spiro atoms. The number of carbonyl (C=O) groups is 1. The monoisotopic (exact) mass is 533 g/mol. The van der Waals surface area contributed by atoms with Gasteiger partial charge in [0.2, 0.25) is 11.9 Å². The molecule has 6 rings (SSSR count). The number of nitrogens with one attached hydrogen (secondary N) is 1. The van der Waals surface area contributed by atoms with Crippen LogP contribution < -0.4 is 9.80 Å². The molecule has 206 valence electrons. The van der Waals surface area contributed by atoms with Crippen LogP contribution in [0.2, 0.25) is 0 Å². The summed E-state index contributed by atoms with van der Waals surface area (Å²) in [4.78, 5) is 42.0. The van der Waals surface area contributed by atoms with Crippen LogP contribution in [0.3, 0.4) is 0 Å². The number of benzene rings is 1. The van der Waals surface area contributed by atoms with Crippen LogP contribution in [-0.4, -0.2) is 104 Å². The van der Waals surface area contributed by atoms with Gasteiger partial charge < -0.3 is 29.5 Å². The average Bonchev–Trinajstić information content (AvgIpc) is 3.54. The van der Waals surface area contributed by atoms with Crippen LogP contribution in [0.15, 0.2) is 24.3 Å². The van der Waals surface area contributed by atoms with E-state index >= 15 is 0 Å². The summed E-state index contributed by atoms with van der Waals surface area (Å²) < 4.78 is 7.52. The zero-order valence-electron chi connectivity index (χ0n) is 22.9. The number of likely N-dealkylation sites (tertiary alicyclic amines) is 1. The van der Waals surface area contributed by atoms with E-state index in [0.29, 0.717) is 68.3 Å². The van der Waals surface area contributed by atoms with E-state index in [1.54, 1.807) is 4.90 Å². The summed E-state index contributed by atoms with van der Waals surface area (Å²) in [6, 6.07) is 7.89. The van der Waals surface area contributed by atoms with Crippen molar-refractivity contribution in [2.75, 3.05) is 63.3 Å². The number of aliphatic hydroxyl groups is 1. The second-order valence-electron chi connectivity index (χ2n) is 11.1. The number of nitrogens with zero attached hydrogens (tertiary/aromatic N) is 8. The molecule has 0 unspecified atom stereocenters. The van der Waals surface area contributed by atoms with Gasteiger partial charge in [0.25, 0.3) is 5.91 Å². The van der Waals surface area contributed by atoms with E-state index in [1.165, 1.54) is 0 Å². The van der Waals surface area contributed by atoms with E-state index < -0.39 is 5.60 Å². The third-order valence-corrected chi connectivity index (χ3v) is 7.75. The number of H-pyrrole nitrogens is 1. The Morgan fingerprint density at radius 3 is 2.46 bits per heavy atom. The Kier molecular flexibility index (Phi) is 6.38. The molecule has 2 aliphatic heterocycles. The lowest BCUT2D eigenvalue weighted by Gasteiger charge is -2.37. The summed E-state index contributed by atoms with van der Waals surface area (Å²) >= 11 is 0. The second-order valence-corrected chi connectivity index (χ2v) is 11.1. The number of aromatic nitrogens is 6. The van der Waals surface area contributed by atoms with Crippen LogP contribution in [0.5, 0.6) is 0 Å². The normalized spacial score (nSPS) is 17.4. The predicted molar refractivity (Wildman–Crippen MR) is 149 cm³/mol. The molecule has 2 saturated heterocycles. The smallest absolute Gasteiger partial charge is 0.289 e. The third-order valence-electron chi connectivity index (χ3n) is 7.75. The van der Waals surface area contributed by atoms with Gasteiger partial charge in [-0.15, -0.1) is 0 Å². The molecule has 12 nitrogen and oxygen atoms in total. The predicted octanol–water partition coefficient (Wildman–Crippen LogP) is 2.22. The van der Waals surface area contributed by atoms with Gasteiger partial charge in [0, 0.05) is 40.3 Å². The van der Waals surface area contributed by atoms with Crippen molar-refractivity contribution in [2.24, 2.45) is 5.92 Å². The Bertz CT molecular complexity index is 1510. The van der Waals surface area contributed by atoms with Crippen molar-refractivity contribution in [2.45, 2.75) is 32.3 Å². The van der Waals surface area contributed by atoms with Crippen molar-refractivity contribution in [3.63, 3.8) is 0 Å². The quantitative estimate of drug-likeness (QED) is 0.397. The van der Waals surface area contributed by atoms with Gasteiger partial charge in [-0.25, -0.2) is 14.5 Å². The maximum Gasteiger partial charge on any atom is 0.289 e. The van der Waals surface area contributed by atoms with E-state index in [9.17, 15) is 9.90 Å². The second kappa shape index (κ2) is 9.76. The molecule has 12 heteroatoms. The molecular formula is C27H35N9O3. The molecule has 39 heavy (non-hydrogen) atoms. The summed E-state index contributed by atoms with van der Waals surface area (Å²) in [6.07, 6.45) is 1.50. The van der Waals surface area contributed by atoms with Gasteiger partial charge in [-0.2, -0.15) is 9.97 Å². The number of rotatable bonds is 5. The van der Waals surface area contributed by atoms with Crippen LogP contribution >= 0.6 is 0 Å². The van der Waals surface area contributed by atoms with Crippen LogP contribution in [0.25, 0.3) is 28.1 Å². The Labute approximate surface area is 226 Å². The number of para-hydroxylation sites is 2. The lowest BCUT2D eigenvalue weighted by Crippen LogP contribution is -2.44. The molecule has 0 atom stereocenters. The average molecular weight is 534 g/mol. The first kappa shape index (κ1) is 25.5. The summed E-state index contributed by atoms with van der Waals surface area (Å²) in [5, 5.41) is 10.4. The molecule has 5 heterocycles. The molecule has 0 radical (unpaired) electrons. The molecule has 1 aromatic carbocycles. The Hall–Kier alpha value is -3.77. The fraction of sp³-hybridized carbons (Fsp3) is 0.519. The number of fused-ring (bicyclic) bond motifs is 2. The molecule has 1 amide bonds. The molecule has 0 bridgehead atoms. The maximum absolute atomic E-state index is 13.5. The van der Waals surface area contributed by atoms with Crippen molar-refractivity contribution >= 4 is 39.9 Å². The number of amides is 1. The summed E-state index contributed by atoms with van der Waals surface area (Å²) in [5.41, 5.74) is 2.04. The number of carbonyl (C=O) groups excluding carboxylic acids is 1. The van der Waals surface area contributed by atoms with Crippen molar-refractivity contribution in [1.82, 2.24) is 34.4 Å². The van der Waals surface area contributed by atoms with E-state index in [0.717, 1.165) is 23.9 Å². The molecular weight excluding hydrogens is 498 g/mol. The maximum atomic E-state index is 13.5. The first-order valence-corrected chi connectivity index (χ1v) is 13.5. The Morgan fingerprint density at radius 2 is 1.77 bits per heavy atom. The number of anilines is 2. The highest BCUT2D eigenvalue weighted by Gasteiger charge is 2.33. The first-order chi connectivity index (χ1) is 18.7. The highest BCUT2D eigenvalue weighted by atomic mass is 16.5. The largest absolute Gasteiger partial charge is 0.390 e. The van der Waals surface area contributed by atoms with Crippen molar-refractivity contribution in [3.05, 3.63) is 30.1 Å². The minimum Gasteiger partial charge on any atom is -0.390 e. The number of aromatic amines is 1. The molecule has 2 fully saturated rings. The van der Waals surface area contributed by atoms with Gasteiger partial charge in [-0.1, -0.05) is 12.1 Å². The van der Waals surface area contributed by atoms with Gasteiger partial charge in [0.1, 0.15) is 0 Å². The topological polar surface area (TPSA) is 129 Å². The van der Waals surface area contributed by atoms with Crippen LogP contribution in [-0.2, 0) is 4.74 Å². The molecule has 2 N–H and O–H groups in total. The van der Waals surface area contributed by atoms with Crippen LogP contribution in [0.4, 0.5) is 11.8 Å². The fourth-order valence-corrected chi connectivity index (χ4v) is 5.52. The van der Waals surface area contributed by atoms with E-state index in [1.807, 2.05) is 61.7 Å².